The third kappa shape index (κ3) is 13.4. The summed E-state index contributed by atoms with van der Waals surface area (Å²) < 4.78 is 32.0. The van der Waals surface area contributed by atoms with Crippen molar-refractivity contribution >= 4 is 39.0 Å². The van der Waals surface area contributed by atoms with Crippen LogP contribution in [0.25, 0.3) is 5.69 Å². The van der Waals surface area contributed by atoms with E-state index < -0.39 is 33.3 Å². The number of unbranched alkanes of at least 4 members (excludes halogenated alkanes) is 3. The van der Waals surface area contributed by atoms with Gasteiger partial charge in [-0.2, -0.15) is 5.10 Å². The number of nitrogens with one attached hydrogen (secondary N) is 1. The number of piperidine rings is 1. The van der Waals surface area contributed by atoms with E-state index in [9.17, 15) is 0 Å². The summed E-state index contributed by atoms with van der Waals surface area (Å²) in [4.78, 5) is 2.72. The van der Waals surface area contributed by atoms with Crippen LogP contribution in [0.1, 0.15) is 109 Å². The van der Waals surface area contributed by atoms with E-state index in [4.69, 9.17) is 17.7 Å². The zero-order valence-electron chi connectivity index (χ0n) is 40.5. The number of hydrogen-bond acceptors (Lipinski definition) is 7. The van der Waals surface area contributed by atoms with Gasteiger partial charge in [-0.1, -0.05) is 95.9 Å². The van der Waals surface area contributed by atoms with Crippen LogP contribution in [0.3, 0.4) is 0 Å². The van der Waals surface area contributed by atoms with Gasteiger partial charge in [0, 0.05) is 31.2 Å². The van der Waals surface area contributed by atoms with E-state index in [2.05, 4.69) is 175 Å². The van der Waals surface area contributed by atoms with Crippen LogP contribution in [0, 0.1) is 0 Å². The van der Waals surface area contributed by atoms with Crippen molar-refractivity contribution in [2.75, 3.05) is 31.6 Å². The van der Waals surface area contributed by atoms with Gasteiger partial charge in [-0.15, -0.1) is 0 Å². The molecule has 0 saturated carbocycles. The maximum absolute atomic E-state index is 7.72. The van der Waals surface area contributed by atoms with Gasteiger partial charge in [0.2, 0.25) is 0 Å². The fourth-order valence-electron chi connectivity index (χ4n) is 6.24. The molecule has 0 spiro atoms. The molecule has 1 N–H and O–H groups in total. The zero-order chi connectivity index (χ0) is 43.5. The molecule has 1 aromatic carbocycles. The summed E-state index contributed by atoms with van der Waals surface area (Å²) in [6.07, 6.45) is 8.00. The van der Waals surface area contributed by atoms with Gasteiger partial charge in [0.1, 0.15) is 0 Å². The largest absolute Gasteiger partial charge is 0.415 e. The first-order valence-electron chi connectivity index (χ1n) is 22.1. The molecule has 1 aromatic heterocycles. The topological polar surface area (TPSA) is 70.0 Å². The summed E-state index contributed by atoms with van der Waals surface area (Å²) in [5, 5.41) is 8.27. The molecule has 328 valence electrons. The smallest absolute Gasteiger partial charge is 0.192 e. The quantitative estimate of drug-likeness (QED) is 0.118. The molecule has 3 rings (SSSR count). The first-order valence-corrected chi connectivity index (χ1v) is 33.7. The number of aromatic nitrogens is 2. The van der Waals surface area contributed by atoms with Gasteiger partial charge in [0.25, 0.3) is 0 Å². The Morgan fingerprint density at radius 1 is 0.632 bits per heavy atom. The van der Waals surface area contributed by atoms with Crippen LogP contribution in [-0.2, 0) is 17.7 Å². The zero-order valence-corrected chi connectivity index (χ0v) is 44.5. The molecular weight excluding hydrogens is 773 g/mol. The molecule has 8 nitrogen and oxygen atoms in total. The Bertz CT molecular complexity index is 1500. The van der Waals surface area contributed by atoms with Crippen molar-refractivity contribution < 1.29 is 17.7 Å². The predicted octanol–water partition coefficient (Wildman–Crippen LogP) is 12.7. The molecule has 4 atom stereocenters. The van der Waals surface area contributed by atoms with E-state index in [0.29, 0.717) is 6.61 Å². The summed E-state index contributed by atoms with van der Waals surface area (Å²) in [6, 6.07) is 10.5. The first kappa shape index (κ1) is 50.3. The second-order valence-electron chi connectivity index (χ2n) is 23.1. The minimum absolute atomic E-state index is 0.0489. The summed E-state index contributed by atoms with van der Waals surface area (Å²) in [5.41, 5.74) is 2.22. The molecule has 0 amide bonds. The Hall–Kier alpha value is -1.10. The van der Waals surface area contributed by atoms with Crippen LogP contribution in [0.15, 0.2) is 42.7 Å². The second kappa shape index (κ2) is 18.9. The molecule has 1 fully saturated rings. The van der Waals surface area contributed by atoms with Crippen molar-refractivity contribution in [1.29, 1.82) is 0 Å². The normalized spacial score (nSPS) is 21.3. The molecule has 2 heterocycles. The lowest BCUT2D eigenvalue weighted by molar-refractivity contribution is -0.128. The van der Waals surface area contributed by atoms with E-state index in [1.807, 2.05) is 23.1 Å². The molecule has 3 unspecified atom stereocenters. The van der Waals surface area contributed by atoms with Crippen LogP contribution < -0.4 is 5.32 Å². The van der Waals surface area contributed by atoms with Gasteiger partial charge in [0.05, 0.1) is 36.6 Å². The van der Waals surface area contributed by atoms with Crippen molar-refractivity contribution in [3.63, 3.8) is 0 Å². The molecule has 1 aliphatic rings. The summed E-state index contributed by atoms with van der Waals surface area (Å²) >= 11 is 0. The van der Waals surface area contributed by atoms with E-state index in [1.165, 1.54) is 12.8 Å². The van der Waals surface area contributed by atoms with Gasteiger partial charge in [-0.05, 0) is 122 Å². The average Bonchev–Trinajstić information content (AvgIpc) is 3.59. The van der Waals surface area contributed by atoms with Gasteiger partial charge in [0.15, 0.2) is 33.3 Å². The van der Waals surface area contributed by atoms with Crippen LogP contribution in [-0.4, -0.2) is 98.5 Å². The highest BCUT2D eigenvalue weighted by molar-refractivity contribution is 6.75. The number of nitrogens with zero attached hydrogens (tertiary/aromatic N) is 3. The van der Waals surface area contributed by atoms with E-state index in [1.54, 1.807) is 0 Å². The lowest BCUT2D eigenvalue weighted by atomic mass is 9.94. The standard InChI is InChI=1S/C45H88N4O4Si4/c1-42(2,3)54(13,14)50-35-38-40(52-56(17,18)44(7,8)9)41(53-57(19,20)45(10,11)12)39(51-55(15,16)43(4,5)6)34-48(38)32-24-22-21-23-30-46-36-26-28-37(29-27-36)49-33-25-31-47-49/h25-29,31,33,38-41,46H,21-24,30,32,34-35H2,1-20H3/t38-,39?,40?,41?/m1/s1. The highest BCUT2D eigenvalue weighted by atomic mass is 28.4. The van der Waals surface area contributed by atoms with Crippen LogP contribution in [0.4, 0.5) is 5.69 Å². The summed E-state index contributed by atoms with van der Waals surface area (Å²) in [7, 11) is -8.72. The van der Waals surface area contributed by atoms with Gasteiger partial charge in [-0.25, -0.2) is 4.68 Å². The number of rotatable bonds is 18. The molecule has 0 bridgehead atoms. The minimum atomic E-state index is -2.25. The third-order valence-corrected chi connectivity index (χ3v) is 32.4. The molecule has 0 radical (unpaired) electrons. The van der Waals surface area contributed by atoms with Crippen molar-refractivity contribution in [1.82, 2.24) is 14.7 Å². The van der Waals surface area contributed by atoms with E-state index in [-0.39, 0.29) is 44.5 Å². The highest BCUT2D eigenvalue weighted by Gasteiger charge is 2.55. The molecule has 1 aliphatic heterocycles. The fourth-order valence-corrected chi connectivity index (χ4v) is 11.2. The number of benzene rings is 1. The van der Waals surface area contributed by atoms with Crippen molar-refractivity contribution in [3.05, 3.63) is 42.7 Å². The van der Waals surface area contributed by atoms with Crippen LogP contribution >= 0.6 is 0 Å². The lowest BCUT2D eigenvalue weighted by Crippen LogP contribution is -2.70. The number of hydrogen-bond donors (Lipinski definition) is 1. The van der Waals surface area contributed by atoms with E-state index >= 15 is 0 Å². The minimum Gasteiger partial charge on any atom is -0.415 e. The average molecular weight is 862 g/mol. The maximum atomic E-state index is 7.72. The molecular formula is C45H88N4O4Si4. The van der Waals surface area contributed by atoms with Gasteiger partial charge < -0.3 is 23.0 Å². The molecule has 1 saturated heterocycles. The van der Waals surface area contributed by atoms with Crippen LogP contribution in [0.2, 0.25) is 72.5 Å². The molecule has 57 heavy (non-hydrogen) atoms. The van der Waals surface area contributed by atoms with Crippen LogP contribution in [0.5, 0.6) is 0 Å². The SMILES string of the molecule is CC(C)(C)[Si](C)(C)OC[C@@H]1C(O[Si](C)(C)C(C)(C)C)C(O[Si](C)(C)C(C)(C)C)C(O[Si](C)(C)C(C)(C)C)CN1CCCCCCNc1ccc(-n2cccn2)cc1. The Labute approximate surface area is 355 Å². The monoisotopic (exact) mass is 861 g/mol. The molecule has 2 aromatic rings. The molecule has 12 heteroatoms. The Balaban J connectivity index is 1.93. The summed E-state index contributed by atoms with van der Waals surface area (Å²) in [6.45, 7) is 50.9. The Kier molecular flexibility index (Phi) is 16.6. The molecule has 0 aliphatic carbocycles. The second-order valence-corrected chi connectivity index (χ2v) is 42.2. The third-order valence-electron chi connectivity index (χ3n) is 14.4. The lowest BCUT2D eigenvalue weighted by Gasteiger charge is -2.56. The number of anilines is 1. The van der Waals surface area contributed by atoms with E-state index in [0.717, 1.165) is 43.9 Å². The van der Waals surface area contributed by atoms with Gasteiger partial charge >= 0.3 is 0 Å². The van der Waals surface area contributed by atoms with Gasteiger partial charge in [-0.3, -0.25) is 4.90 Å². The number of likely N-dealkylation sites (tertiary alicyclic amines) is 1. The van der Waals surface area contributed by atoms with Crippen molar-refractivity contribution in [2.45, 2.75) is 206 Å². The summed E-state index contributed by atoms with van der Waals surface area (Å²) in [5.74, 6) is 0. The first-order chi connectivity index (χ1) is 25.8. The predicted molar refractivity (Wildman–Crippen MR) is 255 cm³/mol. The fraction of sp³-hybridized carbons (Fsp3) is 0.800. The Morgan fingerprint density at radius 2 is 1.12 bits per heavy atom. The highest BCUT2D eigenvalue weighted by Crippen LogP contribution is 2.46. The van der Waals surface area contributed by atoms with Crippen molar-refractivity contribution in [3.8, 4) is 5.69 Å². The Morgan fingerprint density at radius 3 is 1.61 bits per heavy atom. The maximum Gasteiger partial charge on any atom is 0.192 e. The van der Waals surface area contributed by atoms with Crippen molar-refractivity contribution in [2.24, 2.45) is 0 Å².